The molecule has 0 aliphatic rings. The fraction of sp³-hybridized carbons (Fsp3) is 0.308. The summed E-state index contributed by atoms with van der Waals surface area (Å²) in [5.41, 5.74) is 1.42. The first-order valence-corrected chi connectivity index (χ1v) is 5.50. The lowest BCUT2D eigenvalue weighted by Crippen LogP contribution is -2.30. The Bertz CT molecular complexity index is 574. The Kier molecular flexibility index (Phi) is 2.98. The molecule has 4 heteroatoms. The third-order valence-electron chi connectivity index (χ3n) is 3.04. The van der Waals surface area contributed by atoms with Crippen LogP contribution in [0.2, 0.25) is 0 Å². The van der Waals surface area contributed by atoms with E-state index in [1.807, 2.05) is 11.6 Å². The number of likely N-dealkylation sites (N-methyl/N-ethyl adjacent to an activating group) is 1. The van der Waals surface area contributed by atoms with Gasteiger partial charge in [0.15, 0.2) is 5.78 Å². The Morgan fingerprint density at radius 1 is 1.47 bits per heavy atom. The number of carbonyl (C=O) groups excluding carboxylic acids is 1. The molecule has 17 heavy (non-hydrogen) atoms. The monoisotopic (exact) mass is 234 g/mol. The Morgan fingerprint density at radius 2 is 2.18 bits per heavy atom. The van der Waals surface area contributed by atoms with E-state index in [2.05, 4.69) is 5.32 Å². The van der Waals surface area contributed by atoms with Crippen LogP contribution in [0, 0.1) is 5.82 Å². The predicted octanol–water partition coefficient (Wildman–Crippen LogP) is 2.11. The first-order valence-electron chi connectivity index (χ1n) is 5.50. The van der Waals surface area contributed by atoms with Gasteiger partial charge >= 0.3 is 0 Å². The van der Waals surface area contributed by atoms with Gasteiger partial charge in [-0.05, 0) is 32.2 Å². The van der Waals surface area contributed by atoms with Gasteiger partial charge in [0.05, 0.1) is 6.04 Å². The van der Waals surface area contributed by atoms with E-state index in [1.165, 1.54) is 12.1 Å². The summed E-state index contributed by atoms with van der Waals surface area (Å²) < 4.78 is 15.1. The molecule has 0 fully saturated rings. The van der Waals surface area contributed by atoms with Gasteiger partial charge in [-0.25, -0.2) is 4.39 Å². The molecule has 0 saturated heterocycles. The van der Waals surface area contributed by atoms with Gasteiger partial charge in [0.25, 0.3) is 0 Å². The molecule has 1 N–H and O–H groups in total. The maximum absolute atomic E-state index is 13.2. The molecule has 90 valence electrons. The molecule has 0 saturated carbocycles. The highest BCUT2D eigenvalue weighted by Gasteiger charge is 2.18. The Hall–Kier alpha value is -1.68. The number of nitrogens with zero attached hydrogens (tertiary/aromatic N) is 1. The second kappa shape index (κ2) is 4.30. The van der Waals surface area contributed by atoms with E-state index >= 15 is 0 Å². The predicted molar refractivity (Wildman–Crippen MR) is 65.7 cm³/mol. The number of aryl methyl sites for hydroxylation is 1. The van der Waals surface area contributed by atoms with Gasteiger partial charge in [-0.1, -0.05) is 0 Å². The van der Waals surface area contributed by atoms with Crippen molar-refractivity contribution < 1.29 is 9.18 Å². The van der Waals surface area contributed by atoms with Crippen molar-refractivity contribution in [1.82, 2.24) is 9.88 Å². The van der Waals surface area contributed by atoms with Crippen LogP contribution in [0.25, 0.3) is 10.9 Å². The third kappa shape index (κ3) is 1.96. The summed E-state index contributed by atoms with van der Waals surface area (Å²) in [5, 5.41) is 3.57. The minimum Gasteiger partial charge on any atom is -0.350 e. The van der Waals surface area contributed by atoms with Gasteiger partial charge in [-0.2, -0.15) is 0 Å². The number of aromatic nitrogens is 1. The average molecular weight is 234 g/mol. The molecule has 0 radical (unpaired) electrons. The smallest absolute Gasteiger partial charge is 0.181 e. The van der Waals surface area contributed by atoms with Crippen molar-refractivity contribution in [2.24, 2.45) is 7.05 Å². The van der Waals surface area contributed by atoms with Gasteiger partial charge in [0.2, 0.25) is 0 Å². The van der Waals surface area contributed by atoms with Crippen molar-refractivity contribution >= 4 is 16.7 Å². The van der Waals surface area contributed by atoms with Crippen molar-refractivity contribution in [2.75, 3.05) is 7.05 Å². The quantitative estimate of drug-likeness (QED) is 0.825. The second-order valence-electron chi connectivity index (χ2n) is 4.19. The fourth-order valence-corrected chi connectivity index (χ4v) is 1.92. The lowest BCUT2D eigenvalue weighted by Gasteiger charge is -2.07. The SMILES string of the molecule is CNC(C)C(=O)c1cn(C)c2ccc(F)cc12. The number of benzene rings is 1. The van der Waals surface area contributed by atoms with Crippen LogP contribution in [-0.4, -0.2) is 23.4 Å². The van der Waals surface area contributed by atoms with Crippen LogP contribution >= 0.6 is 0 Å². The van der Waals surface area contributed by atoms with E-state index in [-0.39, 0.29) is 17.6 Å². The van der Waals surface area contributed by atoms with E-state index in [0.29, 0.717) is 10.9 Å². The number of rotatable bonds is 3. The molecule has 1 aromatic carbocycles. The van der Waals surface area contributed by atoms with Crippen molar-refractivity contribution in [3.05, 3.63) is 35.8 Å². The summed E-state index contributed by atoms with van der Waals surface area (Å²) in [6.07, 6.45) is 1.75. The summed E-state index contributed by atoms with van der Waals surface area (Å²) >= 11 is 0. The van der Waals surface area contributed by atoms with Crippen molar-refractivity contribution in [2.45, 2.75) is 13.0 Å². The highest BCUT2D eigenvalue weighted by Crippen LogP contribution is 2.22. The highest BCUT2D eigenvalue weighted by atomic mass is 19.1. The Labute approximate surface area is 99.2 Å². The molecule has 0 amide bonds. The number of hydrogen-bond donors (Lipinski definition) is 1. The molecule has 0 aliphatic heterocycles. The Balaban J connectivity index is 2.62. The summed E-state index contributed by atoms with van der Waals surface area (Å²) in [5.74, 6) is -0.349. The van der Waals surface area contributed by atoms with Crippen molar-refractivity contribution in [1.29, 1.82) is 0 Å². The van der Waals surface area contributed by atoms with Crippen molar-refractivity contribution in [3.8, 4) is 0 Å². The molecule has 1 aromatic heterocycles. The van der Waals surface area contributed by atoms with Crippen LogP contribution in [-0.2, 0) is 7.05 Å². The average Bonchev–Trinajstić information content (AvgIpc) is 2.64. The van der Waals surface area contributed by atoms with E-state index in [0.717, 1.165) is 5.52 Å². The minimum absolute atomic E-state index is 0.0244. The number of nitrogens with one attached hydrogen (secondary N) is 1. The summed E-state index contributed by atoms with van der Waals surface area (Å²) in [4.78, 5) is 12.1. The largest absolute Gasteiger partial charge is 0.350 e. The molecular formula is C13H15FN2O. The Morgan fingerprint density at radius 3 is 2.82 bits per heavy atom. The molecule has 1 heterocycles. The molecule has 1 atom stereocenters. The second-order valence-corrected chi connectivity index (χ2v) is 4.19. The molecule has 2 rings (SSSR count). The highest BCUT2D eigenvalue weighted by molar-refractivity contribution is 6.10. The first-order chi connectivity index (χ1) is 8.04. The topological polar surface area (TPSA) is 34.0 Å². The van der Waals surface area contributed by atoms with E-state index in [4.69, 9.17) is 0 Å². The standard InChI is InChI=1S/C13H15FN2O/c1-8(15-2)13(17)11-7-16(3)12-5-4-9(14)6-10(11)12/h4-8,15H,1-3H3. The normalized spacial score (nSPS) is 12.9. The van der Waals surface area contributed by atoms with Crippen LogP contribution in [0.4, 0.5) is 4.39 Å². The van der Waals surface area contributed by atoms with Crippen molar-refractivity contribution in [3.63, 3.8) is 0 Å². The number of hydrogen-bond acceptors (Lipinski definition) is 2. The maximum atomic E-state index is 13.2. The summed E-state index contributed by atoms with van der Waals surface area (Å²) in [6, 6.07) is 4.22. The van der Waals surface area contributed by atoms with E-state index < -0.39 is 0 Å². The van der Waals surface area contributed by atoms with E-state index in [9.17, 15) is 9.18 Å². The van der Waals surface area contributed by atoms with Crippen LogP contribution in [0.15, 0.2) is 24.4 Å². The zero-order chi connectivity index (χ0) is 12.6. The number of carbonyl (C=O) groups is 1. The summed E-state index contributed by atoms with van der Waals surface area (Å²) in [6.45, 7) is 1.79. The molecule has 0 aliphatic carbocycles. The van der Waals surface area contributed by atoms with Crippen LogP contribution in [0.3, 0.4) is 0 Å². The number of ketones is 1. The van der Waals surface area contributed by atoms with Gasteiger partial charge in [0, 0.05) is 29.7 Å². The minimum atomic E-state index is -0.324. The van der Waals surface area contributed by atoms with Gasteiger partial charge in [-0.3, -0.25) is 4.79 Å². The lowest BCUT2D eigenvalue weighted by molar-refractivity contribution is 0.0956. The van der Waals surface area contributed by atoms with E-state index in [1.54, 1.807) is 26.2 Å². The van der Waals surface area contributed by atoms with Gasteiger partial charge in [-0.15, -0.1) is 0 Å². The zero-order valence-corrected chi connectivity index (χ0v) is 10.1. The van der Waals surface area contributed by atoms with Gasteiger partial charge < -0.3 is 9.88 Å². The molecule has 0 bridgehead atoms. The van der Waals surface area contributed by atoms with Crippen LogP contribution in [0.1, 0.15) is 17.3 Å². The van der Waals surface area contributed by atoms with Crippen LogP contribution < -0.4 is 5.32 Å². The molecule has 2 aromatic rings. The lowest BCUT2D eigenvalue weighted by atomic mass is 10.0. The zero-order valence-electron chi connectivity index (χ0n) is 10.1. The number of fused-ring (bicyclic) bond motifs is 1. The van der Waals surface area contributed by atoms with Gasteiger partial charge in [0.1, 0.15) is 5.82 Å². The number of Topliss-reactive ketones (excluding diaryl/α,β-unsaturated/α-hetero) is 1. The summed E-state index contributed by atoms with van der Waals surface area (Å²) in [7, 11) is 3.58. The molecule has 0 spiro atoms. The first kappa shape index (κ1) is 11.8. The fourth-order valence-electron chi connectivity index (χ4n) is 1.92. The third-order valence-corrected chi connectivity index (χ3v) is 3.04. The maximum Gasteiger partial charge on any atom is 0.181 e. The molecule has 3 nitrogen and oxygen atoms in total. The number of halogens is 1. The van der Waals surface area contributed by atoms with Crippen LogP contribution in [0.5, 0.6) is 0 Å². The molecular weight excluding hydrogens is 219 g/mol. The molecule has 1 unspecified atom stereocenters.